The van der Waals surface area contributed by atoms with E-state index in [1.807, 2.05) is 0 Å². The van der Waals surface area contributed by atoms with Gasteiger partial charge in [-0.3, -0.25) is 23.6 Å². The monoisotopic (exact) mass is 336 g/mol. The Balaban J connectivity index is -0.0000000813. The van der Waals surface area contributed by atoms with Crippen molar-refractivity contribution >= 4 is 39.2 Å². The van der Waals surface area contributed by atoms with Crippen LogP contribution in [0.1, 0.15) is 0 Å². The first-order valence-electron chi connectivity index (χ1n) is 2.77. The van der Waals surface area contributed by atoms with Gasteiger partial charge in [0.1, 0.15) is 0 Å². The van der Waals surface area contributed by atoms with Gasteiger partial charge in [-0.1, -0.05) is 5.43 Å². The zero-order chi connectivity index (χ0) is 14.9. The van der Waals surface area contributed by atoms with Crippen molar-refractivity contribution < 1.29 is 40.1 Å². The van der Waals surface area contributed by atoms with Gasteiger partial charge in [-0.05, 0) is 0 Å². The number of hydrogen-bond donors (Lipinski definition) is 7. The number of guanidine groups is 1. The summed E-state index contributed by atoms with van der Waals surface area (Å²) in [5, 5.41) is 14.6. The standard InChI is InChI=1S/CH4N4O2.ClH.2H2O4S/c2-1(3)4-5(6)7;;2*1-5(2,3)4/h(H4,2,3,4);1H;2*(H2,1,2,3,4). The van der Waals surface area contributed by atoms with Crippen LogP contribution in [-0.2, 0) is 20.8 Å². The Morgan fingerprint density at radius 2 is 1.28 bits per heavy atom. The molecule has 0 aliphatic heterocycles. The lowest BCUT2D eigenvalue weighted by molar-refractivity contribution is -0.525. The van der Waals surface area contributed by atoms with E-state index in [9.17, 15) is 10.1 Å². The smallest absolute Gasteiger partial charge is 0.366 e. The minimum atomic E-state index is -4.67. The summed E-state index contributed by atoms with van der Waals surface area (Å²) < 4.78 is 63.2. The fourth-order valence-corrected chi connectivity index (χ4v) is 0.0983. The van der Waals surface area contributed by atoms with E-state index in [1.165, 1.54) is 5.43 Å². The van der Waals surface area contributed by atoms with E-state index in [-0.39, 0.29) is 12.4 Å². The van der Waals surface area contributed by atoms with Crippen molar-refractivity contribution in [2.75, 3.05) is 0 Å². The zero-order valence-electron chi connectivity index (χ0n) is 7.99. The first-order valence-corrected chi connectivity index (χ1v) is 5.57. The van der Waals surface area contributed by atoms with E-state index in [0.717, 1.165) is 0 Å². The van der Waals surface area contributed by atoms with E-state index in [4.69, 9.17) is 40.5 Å². The Kier molecular flexibility index (Phi) is 15.4. The van der Waals surface area contributed by atoms with Gasteiger partial charge in [0, 0.05) is 0 Å². The van der Waals surface area contributed by atoms with Crippen LogP contribution in [0.15, 0.2) is 0 Å². The zero-order valence-corrected chi connectivity index (χ0v) is 10.4. The second-order valence-corrected chi connectivity index (χ2v) is 3.47. The molecule has 0 aliphatic carbocycles. The van der Waals surface area contributed by atoms with Crippen LogP contribution in [0.2, 0.25) is 0 Å². The topological polar surface area (TPSA) is 254 Å². The summed E-state index contributed by atoms with van der Waals surface area (Å²) in [6.45, 7) is 0. The van der Waals surface area contributed by atoms with Gasteiger partial charge in [-0.25, -0.2) is 10.1 Å². The molecule has 0 heterocycles. The molecular weight excluding hydrogens is 328 g/mol. The van der Waals surface area contributed by atoms with E-state index in [2.05, 4.69) is 5.73 Å². The molecule has 0 unspecified atom stereocenters. The van der Waals surface area contributed by atoms with Crippen molar-refractivity contribution in [1.29, 1.82) is 5.41 Å². The van der Waals surface area contributed by atoms with Gasteiger partial charge in [-0.15, -0.1) is 12.4 Å². The highest BCUT2D eigenvalue weighted by molar-refractivity contribution is 7.80. The highest BCUT2D eigenvalue weighted by Gasteiger charge is 1.91. The highest BCUT2D eigenvalue weighted by atomic mass is 35.5. The largest absolute Gasteiger partial charge is 0.394 e. The van der Waals surface area contributed by atoms with Gasteiger partial charge in [0.15, 0.2) is 5.03 Å². The third kappa shape index (κ3) is 378. The fraction of sp³-hybridized carbons (Fsp3) is 0. The Morgan fingerprint density at radius 1 is 1.11 bits per heavy atom. The maximum atomic E-state index is 9.28. The van der Waals surface area contributed by atoms with E-state index < -0.39 is 31.8 Å². The molecule has 0 aromatic heterocycles. The molecule has 0 saturated heterocycles. The maximum Gasteiger partial charge on any atom is 0.394 e. The summed E-state index contributed by atoms with van der Waals surface area (Å²) >= 11 is 0. The molecule has 8 N–H and O–H groups in total. The maximum absolute atomic E-state index is 9.28. The number of nitrogens with zero attached hydrogens (tertiary/aromatic N) is 1. The number of nitro groups is 1. The van der Waals surface area contributed by atoms with Crippen LogP contribution >= 0.6 is 12.4 Å². The molecule has 18 heavy (non-hydrogen) atoms. The van der Waals surface area contributed by atoms with Crippen LogP contribution in [0.5, 0.6) is 0 Å². The predicted molar refractivity (Wildman–Crippen MR) is 57.6 cm³/mol. The molecule has 0 aromatic rings. The van der Waals surface area contributed by atoms with Gasteiger partial charge in [0.05, 0.1) is 0 Å². The minimum absolute atomic E-state index is 0. The minimum Gasteiger partial charge on any atom is -0.366 e. The van der Waals surface area contributed by atoms with Crippen LogP contribution in [0.3, 0.4) is 0 Å². The normalized spacial score (nSPS) is 9.33. The summed E-state index contributed by atoms with van der Waals surface area (Å²) in [4.78, 5) is 9.28. The van der Waals surface area contributed by atoms with Crippen LogP contribution in [0.25, 0.3) is 0 Å². The SMILES string of the molecule is Cl.N=C(N)N[N+](=O)[O-].O=S(=O)(O)O.O=S(=O)(O)O. The van der Waals surface area contributed by atoms with Crippen molar-refractivity contribution in [3.63, 3.8) is 0 Å². The summed E-state index contributed by atoms with van der Waals surface area (Å²) in [5.41, 5.74) is 5.91. The van der Waals surface area contributed by atoms with Crippen LogP contribution in [0, 0.1) is 15.5 Å². The molecule has 0 fully saturated rings. The Morgan fingerprint density at radius 3 is 1.28 bits per heavy atom. The van der Waals surface area contributed by atoms with Crippen molar-refractivity contribution in [3.8, 4) is 0 Å². The van der Waals surface area contributed by atoms with Crippen LogP contribution in [-0.4, -0.2) is 46.0 Å². The van der Waals surface area contributed by atoms with Gasteiger partial charge < -0.3 is 5.73 Å². The molecular formula is CH9ClN4O10S2. The lowest BCUT2D eigenvalue weighted by Gasteiger charge is -1.86. The molecule has 0 amide bonds. The molecule has 0 atom stereocenters. The lowest BCUT2D eigenvalue weighted by Crippen LogP contribution is -2.34. The quantitative estimate of drug-likeness (QED) is 0.0882. The van der Waals surface area contributed by atoms with Crippen LogP contribution in [0.4, 0.5) is 0 Å². The molecule has 0 saturated carbocycles. The van der Waals surface area contributed by atoms with Crippen LogP contribution < -0.4 is 11.2 Å². The average Bonchev–Trinajstić information content (AvgIpc) is 1.71. The molecule has 17 heteroatoms. The first-order chi connectivity index (χ1) is 7.13. The molecule has 0 aliphatic rings. The summed E-state index contributed by atoms with van der Waals surface area (Å²) in [7, 11) is -9.33. The molecule has 14 nitrogen and oxygen atoms in total. The Hall–Kier alpha value is -1.30. The molecule has 0 rings (SSSR count). The number of nitrogens with one attached hydrogen (secondary N) is 2. The number of hydrogen-bond acceptors (Lipinski definition) is 7. The van der Waals surface area contributed by atoms with E-state index in [1.54, 1.807) is 0 Å². The molecule has 0 bridgehead atoms. The van der Waals surface area contributed by atoms with E-state index >= 15 is 0 Å². The highest BCUT2D eigenvalue weighted by Crippen LogP contribution is 1.59. The summed E-state index contributed by atoms with van der Waals surface area (Å²) in [5.74, 6) is -0.662. The van der Waals surface area contributed by atoms with Crippen molar-refractivity contribution in [3.05, 3.63) is 10.1 Å². The lowest BCUT2D eigenvalue weighted by atomic mass is 11.1. The summed E-state index contributed by atoms with van der Waals surface area (Å²) in [6, 6.07) is 0. The van der Waals surface area contributed by atoms with E-state index in [0.29, 0.717) is 0 Å². The molecule has 0 aromatic carbocycles. The third-order valence-electron chi connectivity index (χ3n) is 0.212. The van der Waals surface area contributed by atoms with Gasteiger partial charge >= 0.3 is 20.8 Å². The number of halogens is 1. The van der Waals surface area contributed by atoms with Gasteiger partial charge in [0.25, 0.3) is 0 Å². The number of hydrazine groups is 1. The fourth-order valence-electron chi connectivity index (χ4n) is 0.0983. The molecule has 112 valence electrons. The first kappa shape index (κ1) is 25.5. The second kappa shape index (κ2) is 10.8. The second-order valence-electron chi connectivity index (χ2n) is 1.68. The molecule has 0 spiro atoms. The predicted octanol–water partition coefficient (Wildman–Crippen LogP) is -2.22. The van der Waals surface area contributed by atoms with Gasteiger partial charge in [0.2, 0.25) is 5.96 Å². The Bertz CT molecular complexity index is 380. The average molecular weight is 337 g/mol. The van der Waals surface area contributed by atoms with Gasteiger partial charge in [-0.2, -0.15) is 16.8 Å². The summed E-state index contributed by atoms with van der Waals surface area (Å²) in [6.07, 6.45) is 0. The number of nitrogens with two attached hydrogens (primary N) is 1. The Labute approximate surface area is 106 Å². The third-order valence-corrected chi connectivity index (χ3v) is 0.212. The van der Waals surface area contributed by atoms with Crippen molar-refractivity contribution in [2.24, 2.45) is 5.73 Å². The molecule has 0 radical (unpaired) electrons. The van der Waals surface area contributed by atoms with Crippen molar-refractivity contribution in [2.45, 2.75) is 0 Å². The number of rotatable bonds is 1. The van der Waals surface area contributed by atoms with Crippen molar-refractivity contribution in [1.82, 2.24) is 5.43 Å².